The number of amides is 2. The summed E-state index contributed by atoms with van der Waals surface area (Å²) in [6.07, 6.45) is 3.00. The van der Waals surface area contributed by atoms with E-state index in [9.17, 15) is 9.59 Å². The topological polar surface area (TPSA) is 74.6 Å². The summed E-state index contributed by atoms with van der Waals surface area (Å²) in [5.74, 6) is 1.37. The molecule has 0 radical (unpaired) electrons. The van der Waals surface area contributed by atoms with E-state index in [1.54, 1.807) is 12.1 Å². The molecule has 2 aromatic rings. The van der Waals surface area contributed by atoms with E-state index < -0.39 is 0 Å². The van der Waals surface area contributed by atoms with Gasteiger partial charge in [-0.25, -0.2) is 0 Å². The van der Waals surface area contributed by atoms with Gasteiger partial charge in [-0.2, -0.15) is 0 Å². The second-order valence-electron chi connectivity index (χ2n) is 8.22. The summed E-state index contributed by atoms with van der Waals surface area (Å²) in [6.45, 7) is 8.74. The molecule has 0 spiro atoms. The average molecular weight is 398 g/mol. The van der Waals surface area contributed by atoms with Gasteiger partial charge in [0.2, 0.25) is 5.91 Å². The lowest BCUT2D eigenvalue weighted by molar-refractivity contribution is -0.121. The van der Waals surface area contributed by atoms with Gasteiger partial charge in [-0.05, 0) is 41.5 Å². The minimum absolute atomic E-state index is 0.0925. The molecule has 2 atom stereocenters. The number of benzene rings is 1. The zero-order valence-corrected chi connectivity index (χ0v) is 17.3. The van der Waals surface area contributed by atoms with Gasteiger partial charge in [-0.3, -0.25) is 14.5 Å². The highest BCUT2D eigenvalue weighted by Crippen LogP contribution is 2.22. The van der Waals surface area contributed by atoms with E-state index in [0.717, 1.165) is 23.9 Å². The summed E-state index contributed by atoms with van der Waals surface area (Å²) < 4.78 is 5.01. The average Bonchev–Trinajstić information content (AvgIpc) is 3.21. The van der Waals surface area contributed by atoms with Crippen LogP contribution in [-0.2, 0) is 17.9 Å². The van der Waals surface area contributed by atoms with Crippen LogP contribution < -0.4 is 10.6 Å². The lowest BCUT2D eigenvalue weighted by Crippen LogP contribution is -2.38. The van der Waals surface area contributed by atoms with Crippen molar-refractivity contribution in [1.29, 1.82) is 0 Å². The number of piperidine rings is 1. The fourth-order valence-electron chi connectivity index (χ4n) is 4.02. The van der Waals surface area contributed by atoms with Gasteiger partial charge in [-0.15, -0.1) is 0 Å². The zero-order valence-electron chi connectivity index (χ0n) is 17.3. The van der Waals surface area contributed by atoms with Gasteiger partial charge in [0.25, 0.3) is 5.91 Å². The SMILES string of the molecule is C[C@@H]1C[C@H](C)CN(Cc2ccc(CNC(=O)CCNC(=O)c3ccco3)cc2)C1. The summed E-state index contributed by atoms with van der Waals surface area (Å²) in [4.78, 5) is 26.3. The predicted octanol–water partition coefficient (Wildman–Crippen LogP) is 3.19. The molecule has 1 aromatic heterocycles. The van der Waals surface area contributed by atoms with Crippen LogP contribution in [0.5, 0.6) is 0 Å². The molecule has 0 bridgehead atoms. The molecule has 2 amide bonds. The number of likely N-dealkylation sites (tertiary alicyclic amines) is 1. The third kappa shape index (κ3) is 6.75. The second-order valence-corrected chi connectivity index (χ2v) is 8.22. The highest BCUT2D eigenvalue weighted by Gasteiger charge is 2.21. The van der Waals surface area contributed by atoms with Crippen LogP contribution >= 0.6 is 0 Å². The molecule has 6 heteroatoms. The van der Waals surface area contributed by atoms with Crippen LogP contribution in [0.4, 0.5) is 0 Å². The molecule has 1 aliphatic heterocycles. The van der Waals surface area contributed by atoms with Gasteiger partial charge in [0.1, 0.15) is 0 Å². The van der Waals surface area contributed by atoms with E-state index in [-0.39, 0.29) is 30.5 Å². The number of furan rings is 1. The van der Waals surface area contributed by atoms with Gasteiger partial charge in [0.05, 0.1) is 6.26 Å². The van der Waals surface area contributed by atoms with E-state index in [4.69, 9.17) is 4.42 Å². The highest BCUT2D eigenvalue weighted by atomic mass is 16.3. The maximum absolute atomic E-state index is 12.0. The van der Waals surface area contributed by atoms with Crippen molar-refractivity contribution in [3.05, 3.63) is 59.5 Å². The molecule has 1 aromatic carbocycles. The van der Waals surface area contributed by atoms with Gasteiger partial charge in [0.15, 0.2) is 5.76 Å². The molecule has 0 saturated carbocycles. The number of carbonyl (C=O) groups is 2. The Morgan fingerprint density at radius 2 is 1.72 bits per heavy atom. The standard InChI is InChI=1S/C23H31N3O3/c1-17-12-18(2)15-26(14-17)16-20-7-5-19(6-8-20)13-25-22(27)9-10-24-23(28)21-4-3-11-29-21/h3-8,11,17-18H,9-10,12-16H2,1-2H3,(H,24,28)(H,25,27)/t17-,18+. The van der Waals surface area contributed by atoms with Crippen LogP contribution in [-0.4, -0.2) is 36.3 Å². The van der Waals surface area contributed by atoms with Crippen molar-refractivity contribution in [2.24, 2.45) is 11.8 Å². The first kappa shape index (κ1) is 21.1. The van der Waals surface area contributed by atoms with Crippen LogP contribution in [0.3, 0.4) is 0 Å². The fraction of sp³-hybridized carbons (Fsp3) is 0.478. The van der Waals surface area contributed by atoms with Gasteiger partial charge in [0, 0.05) is 39.1 Å². The number of hydrogen-bond acceptors (Lipinski definition) is 4. The lowest BCUT2D eigenvalue weighted by atomic mass is 9.91. The third-order valence-electron chi connectivity index (χ3n) is 5.25. The maximum atomic E-state index is 12.0. The first-order chi connectivity index (χ1) is 14.0. The number of carbonyl (C=O) groups excluding carboxylic acids is 2. The van der Waals surface area contributed by atoms with E-state index in [1.807, 2.05) is 0 Å². The molecule has 0 aliphatic carbocycles. The van der Waals surface area contributed by atoms with Gasteiger partial charge in [-0.1, -0.05) is 38.1 Å². The Morgan fingerprint density at radius 1 is 1.03 bits per heavy atom. The van der Waals surface area contributed by atoms with E-state index in [0.29, 0.717) is 6.54 Å². The van der Waals surface area contributed by atoms with Crippen molar-refractivity contribution >= 4 is 11.8 Å². The molecule has 6 nitrogen and oxygen atoms in total. The minimum atomic E-state index is -0.309. The summed E-state index contributed by atoms with van der Waals surface area (Å²) in [6, 6.07) is 11.7. The molecule has 3 rings (SSSR count). The maximum Gasteiger partial charge on any atom is 0.286 e. The highest BCUT2D eigenvalue weighted by molar-refractivity contribution is 5.91. The smallest absolute Gasteiger partial charge is 0.286 e. The Labute approximate surface area is 172 Å². The minimum Gasteiger partial charge on any atom is -0.459 e. The van der Waals surface area contributed by atoms with Crippen molar-refractivity contribution < 1.29 is 14.0 Å². The largest absolute Gasteiger partial charge is 0.459 e. The zero-order chi connectivity index (χ0) is 20.6. The lowest BCUT2D eigenvalue weighted by Gasteiger charge is -2.35. The summed E-state index contributed by atoms with van der Waals surface area (Å²) in [7, 11) is 0. The Balaban J connectivity index is 1.36. The molecular weight excluding hydrogens is 366 g/mol. The van der Waals surface area contributed by atoms with E-state index in [1.165, 1.54) is 31.3 Å². The Kier molecular flexibility index (Phi) is 7.47. The Bertz CT molecular complexity index is 776. The van der Waals surface area contributed by atoms with Crippen molar-refractivity contribution in [3.8, 4) is 0 Å². The third-order valence-corrected chi connectivity index (χ3v) is 5.25. The molecule has 156 valence electrons. The molecule has 1 fully saturated rings. The van der Waals surface area contributed by atoms with Crippen LogP contribution in [0.15, 0.2) is 47.1 Å². The Hall–Kier alpha value is -2.60. The van der Waals surface area contributed by atoms with Crippen LogP contribution in [0, 0.1) is 11.8 Å². The molecular formula is C23H31N3O3. The molecule has 2 heterocycles. The van der Waals surface area contributed by atoms with E-state index >= 15 is 0 Å². The van der Waals surface area contributed by atoms with E-state index in [2.05, 4.69) is 53.6 Å². The monoisotopic (exact) mass is 397 g/mol. The molecule has 2 N–H and O–H groups in total. The molecule has 1 aliphatic rings. The van der Waals surface area contributed by atoms with Crippen molar-refractivity contribution in [1.82, 2.24) is 15.5 Å². The quantitative estimate of drug-likeness (QED) is 0.717. The predicted molar refractivity (Wildman–Crippen MR) is 112 cm³/mol. The van der Waals surface area contributed by atoms with Crippen LogP contribution in [0.1, 0.15) is 48.4 Å². The van der Waals surface area contributed by atoms with Crippen molar-refractivity contribution in [2.75, 3.05) is 19.6 Å². The van der Waals surface area contributed by atoms with Gasteiger partial charge >= 0.3 is 0 Å². The number of nitrogens with one attached hydrogen (secondary N) is 2. The Morgan fingerprint density at radius 3 is 2.38 bits per heavy atom. The second kappa shape index (κ2) is 10.3. The van der Waals surface area contributed by atoms with Crippen molar-refractivity contribution in [3.63, 3.8) is 0 Å². The van der Waals surface area contributed by atoms with Crippen LogP contribution in [0.2, 0.25) is 0 Å². The first-order valence-electron chi connectivity index (χ1n) is 10.4. The molecule has 1 saturated heterocycles. The molecule has 29 heavy (non-hydrogen) atoms. The number of hydrogen-bond donors (Lipinski definition) is 2. The number of rotatable bonds is 8. The van der Waals surface area contributed by atoms with Crippen LogP contribution in [0.25, 0.3) is 0 Å². The number of nitrogens with zero attached hydrogens (tertiary/aromatic N) is 1. The van der Waals surface area contributed by atoms with Gasteiger partial charge < -0.3 is 15.1 Å². The van der Waals surface area contributed by atoms with Crippen molar-refractivity contribution in [2.45, 2.75) is 39.8 Å². The normalized spacial score (nSPS) is 19.7. The summed E-state index contributed by atoms with van der Waals surface area (Å²) in [5, 5.41) is 5.56. The summed E-state index contributed by atoms with van der Waals surface area (Å²) in [5.41, 5.74) is 2.38. The summed E-state index contributed by atoms with van der Waals surface area (Å²) >= 11 is 0. The first-order valence-corrected chi connectivity index (χ1v) is 10.4. The fourth-order valence-corrected chi connectivity index (χ4v) is 4.02. The molecule has 0 unspecified atom stereocenters.